The van der Waals surface area contributed by atoms with Crippen LogP contribution in [0.25, 0.3) is 0 Å². The lowest BCUT2D eigenvalue weighted by atomic mass is 9.99. The normalized spacial score (nSPS) is 17.5. The molecule has 0 radical (unpaired) electrons. The summed E-state index contributed by atoms with van der Waals surface area (Å²) in [5, 5.41) is 12.4. The SMILES string of the molecule is Cc1nnc([C@H]2CC(F)CN2C(=O)NC(c2ccccc2)c2ccccc2)n1Cc1ccc(Cl)cc1. The van der Waals surface area contributed by atoms with E-state index >= 15 is 0 Å². The van der Waals surface area contributed by atoms with E-state index in [-0.39, 0.29) is 25.0 Å². The van der Waals surface area contributed by atoms with Gasteiger partial charge in [0.1, 0.15) is 12.0 Å². The Morgan fingerprint density at radius 1 is 1.00 bits per heavy atom. The quantitative estimate of drug-likeness (QED) is 0.358. The zero-order valence-corrected chi connectivity index (χ0v) is 20.6. The topological polar surface area (TPSA) is 63.1 Å². The zero-order valence-electron chi connectivity index (χ0n) is 19.9. The molecule has 1 saturated heterocycles. The number of carbonyl (C=O) groups is 1. The van der Waals surface area contributed by atoms with Crippen LogP contribution in [-0.2, 0) is 6.54 Å². The molecule has 8 heteroatoms. The van der Waals surface area contributed by atoms with Crippen LogP contribution in [-0.4, -0.2) is 38.4 Å². The van der Waals surface area contributed by atoms with Crippen LogP contribution in [0.3, 0.4) is 0 Å². The summed E-state index contributed by atoms with van der Waals surface area (Å²) in [5.41, 5.74) is 2.92. The third kappa shape index (κ3) is 5.11. The summed E-state index contributed by atoms with van der Waals surface area (Å²) in [5.74, 6) is 1.28. The number of nitrogens with one attached hydrogen (secondary N) is 1. The van der Waals surface area contributed by atoms with E-state index in [1.807, 2.05) is 96.4 Å². The molecule has 1 unspecified atom stereocenters. The van der Waals surface area contributed by atoms with Crippen LogP contribution in [0.15, 0.2) is 84.9 Å². The molecule has 2 atom stereocenters. The van der Waals surface area contributed by atoms with Gasteiger partial charge >= 0.3 is 6.03 Å². The minimum atomic E-state index is -1.14. The summed E-state index contributed by atoms with van der Waals surface area (Å²) in [4.78, 5) is 15.2. The average molecular weight is 504 g/mol. The van der Waals surface area contributed by atoms with Crippen molar-refractivity contribution in [3.63, 3.8) is 0 Å². The van der Waals surface area contributed by atoms with Gasteiger partial charge in [-0.25, -0.2) is 9.18 Å². The number of hydrogen-bond donors (Lipinski definition) is 1. The first-order chi connectivity index (χ1) is 17.5. The van der Waals surface area contributed by atoms with Crippen molar-refractivity contribution in [2.45, 2.75) is 38.1 Å². The van der Waals surface area contributed by atoms with E-state index in [1.165, 1.54) is 0 Å². The highest BCUT2D eigenvalue weighted by Gasteiger charge is 2.40. The second-order valence-corrected chi connectivity index (χ2v) is 9.46. The number of halogens is 2. The molecule has 6 nitrogen and oxygen atoms in total. The van der Waals surface area contributed by atoms with Crippen molar-refractivity contribution in [1.29, 1.82) is 0 Å². The van der Waals surface area contributed by atoms with E-state index in [0.717, 1.165) is 16.7 Å². The van der Waals surface area contributed by atoms with Gasteiger partial charge in [-0.3, -0.25) is 0 Å². The molecule has 5 rings (SSSR count). The molecule has 4 aromatic rings. The number of alkyl halides is 1. The maximum Gasteiger partial charge on any atom is 0.318 e. The fourth-order valence-corrected chi connectivity index (χ4v) is 4.85. The van der Waals surface area contributed by atoms with Crippen molar-refractivity contribution >= 4 is 17.6 Å². The molecule has 1 aromatic heterocycles. The first-order valence-corrected chi connectivity index (χ1v) is 12.3. The Bertz CT molecular complexity index is 1270. The minimum absolute atomic E-state index is 0.000345. The minimum Gasteiger partial charge on any atom is -0.327 e. The Hall–Kier alpha value is -3.71. The molecule has 1 fully saturated rings. The van der Waals surface area contributed by atoms with Crippen LogP contribution in [0.4, 0.5) is 9.18 Å². The lowest BCUT2D eigenvalue weighted by molar-refractivity contribution is 0.185. The summed E-state index contributed by atoms with van der Waals surface area (Å²) in [6.45, 7) is 2.37. The number of rotatable bonds is 6. The van der Waals surface area contributed by atoms with Gasteiger partial charge in [-0.2, -0.15) is 0 Å². The second-order valence-electron chi connectivity index (χ2n) is 9.02. The zero-order chi connectivity index (χ0) is 25.1. The molecule has 184 valence electrons. The van der Waals surface area contributed by atoms with Gasteiger partial charge in [0.25, 0.3) is 0 Å². The Kier molecular flexibility index (Phi) is 7.00. The number of carbonyl (C=O) groups excluding carboxylic acids is 1. The number of nitrogens with zero attached hydrogens (tertiary/aromatic N) is 4. The van der Waals surface area contributed by atoms with E-state index in [2.05, 4.69) is 15.5 Å². The van der Waals surface area contributed by atoms with Crippen molar-refractivity contribution < 1.29 is 9.18 Å². The van der Waals surface area contributed by atoms with Gasteiger partial charge in [0.2, 0.25) is 0 Å². The van der Waals surface area contributed by atoms with Crippen LogP contribution in [0.5, 0.6) is 0 Å². The number of likely N-dealkylation sites (tertiary alicyclic amines) is 1. The Balaban J connectivity index is 1.42. The smallest absolute Gasteiger partial charge is 0.318 e. The van der Waals surface area contributed by atoms with Crippen molar-refractivity contribution in [3.8, 4) is 0 Å². The van der Waals surface area contributed by atoms with Crippen molar-refractivity contribution in [2.75, 3.05) is 6.54 Å². The lowest BCUT2D eigenvalue weighted by Gasteiger charge is -2.28. The third-order valence-corrected chi connectivity index (χ3v) is 6.81. The summed E-state index contributed by atoms with van der Waals surface area (Å²) in [6.07, 6.45) is -0.971. The van der Waals surface area contributed by atoms with Gasteiger partial charge in [-0.15, -0.1) is 10.2 Å². The molecule has 36 heavy (non-hydrogen) atoms. The number of aryl methyl sites for hydroxylation is 1. The molecule has 2 heterocycles. The van der Waals surface area contributed by atoms with Gasteiger partial charge in [0.05, 0.1) is 25.2 Å². The largest absolute Gasteiger partial charge is 0.327 e. The Labute approximate surface area is 214 Å². The first kappa shape index (κ1) is 24.0. The van der Waals surface area contributed by atoms with E-state index < -0.39 is 12.2 Å². The number of urea groups is 1. The molecular formula is C28H27ClFN5O. The number of hydrogen-bond acceptors (Lipinski definition) is 3. The van der Waals surface area contributed by atoms with Gasteiger partial charge in [0.15, 0.2) is 5.82 Å². The lowest BCUT2D eigenvalue weighted by Crippen LogP contribution is -2.42. The maximum absolute atomic E-state index is 14.8. The standard InChI is InChI=1S/C28H27ClFN5O/c1-19-32-33-27(34(19)17-20-12-14-23(29)15-13-20)25-16-24(30)18-35(25)28(36)31-26(21-8-4-2-5-9-21)22-10-6-3-7-11-22/h2-15,24-26H,16-18H2,1H3,(H,31,36)/t24?,25-/m1/s1. The molecule has 0 aliphatic carbocycles. The molecule has 1 N–H and O–H groups in total. The average Bonchev–Trinajstić information content (AvgIpc) is 3.46. The van der Waals surface area contributed by atoms with E-state index in [1.54, 1.807) is 4.90 Å². The van der Waals surface area contributed by atoms with E-state index in [4.69, 9.17) is 11.6 Å². The van der Waals surface area contributed by atoms with Crippen LogP contribution in [0.2, 0.25) is 5.02 Å². The highest BCUT2D eigenvalue weighted by molar-refractivity contribution is 6.30. The maximum atomic E-state index is 14.8. The predicted octanol–water partition coefficient (Wildman–Crippen LogP) is 5.87. The second kappa shape index (κ2) is 10.5. The molecule has 0 bridgehead atoms. The number of aromatic nitrogens is 3. The predicted molar refractivity (Wildman–Crippen MR) is 138 cm³/mol. The Morgan fingerprint density at radius 2 is 1.61 bits per heavy atom. The van der Waals surface area contributed by atoms with E-state index in [9.17, 15) is 9.18 Å². The fraction of sp³-hybridized carbons (Fsp3) is 0.250. The Morgan fingerprint density at radius 3 is 2.22 bits per heavy atom. The molecular weight excluding hydrogens is 477 g/mol. The van der Waals surface area contributed by atoms with E-state index in [0.29, 0.717) is 23.2 Å². The summed E-state index contributed by atoms with van der Waals surface area (Å²) in [7, 11) is 0. The summed E-state index contributed by atoms with van der Waals surface area (Å²) >= 11 is 6.04. The molecule has 3 aromatic carbocycles. The summed E-state index contributed by atoms with van der Waals surface area (Å²) in [6, 6.07) is 25.8. The van der Waals surface area contributed by atoms with Crippen LogP contribution in [0, 0.1) is 6.92 Å². The van der Waals surface area contributed by atoms with Crippen LogP contribution >= 0.6 is 11.6 Å². The van der Waals surface area contributed by atoms with Gasteiger partial charge < -0.3 is 14.8 Å². The molecule has 0 saturated carbocycles. The van der Waals surface area contributed by atoms with Crippen molar-refractivity contribution in [3.05, 3.63) is 118 Å². The van der Waals surface area contributed by atoms with Crippen LogP contribution in [0.1, 0.15) is 46.8 Å². The third-order valence-electron chi connectivity index (χ3n) is 6.56. The first-order valence-electron chi connectivity index (χ1n) is 11.9. The van der Waals surface area contributed by atoms with Gasteiger partial charge in [-0.1, -0.05) is 84.4 Å². The number of amides is 2. The van der Waals surface area contributed by atoms with Crippen molar-refractivity contribution in [2.24, 2.45) is 0 Å². The highest BCUT2D eigenvalue weighted by atomic mass is 35.5. The van der Waals surface area contributed by atoms with Crippen molar-refractivity contribution in [1.82, 2.24) is 25.0 Å². The molecule has 0 spiro atoms. The fourth-order valence-electron chi connectivity index (χ4n) is 4.72. The van der Waals surface area contributed by atoms with Gasteiger partial charge in [0, 0.05) is 11.4 Å². The summed E-state index contributed by atoms with van der Waals surface area (Å²) < 4.78 is 16.7. The monoisotopic (exact) mass is 503 g/mol. The number of benzene rings is 3. The highest BCUT2D eigenvalue weighted by Crippen LogP contribution is 2.34. The molecule has 1 aliphatic heterocycles. The van der Waals surface area contributed by atoms with Gasteiger partial charge in [-0.05, 0) is 35.7 Å². The van der Waals surface area contributed by atoms with Crippen LogP contribution < -0.4 is 5.32 Å². The molecule has 1 aliphatic rings. The molecule has 2 amide bonds.